The van der Waals surface area contributed by atoms with Crippen molar-refractivity contribution in [2.45, 2.75) is 46.5 Å². The van der Waals surface area contributed by atoms with Crippen molar-refractivity contribution in [1.29, 1.82) is 0 Å². The number of aromatic nitrogens is 6. The minimum atomic E-state index is 0.387. The molecule has 27 heavy (non-hydrogen) atoms. The van der Waals surface area contributed by atoms with E-state index in [2.05, 4.69) is 36.0 Å². The maximum Gasteiger partial charge on any atom is 0.202 e. The van der Waals surface area contributed by atoms with Crippen LogP contribution in [0.5, 0.6) is 0 Å². The second kappa shape index (κ2) is 5.86. The molecular formula is C20H24N6S. The van der Waals surface area contributed by atoms with E-state index in [9.17, 15) is 0 Å². The summed E-state index contributed by atoms with van der Waals surface area (Å²) in [5, 5.41) is 10.2. The molecule has 140 valence electrons. The Bertz CT molecular complexity index is 1150. The lowest BCUT2D eigenvalue weighted by atomic mass is 9.70. The number of thiophene rings is 1. The fourth-order valence-electron chi connectivity index (χ4n) is 4.17. The molecule has 5 rings (SSSR count). The van der Waals surface area contributed by atoms with E-state index in [1.807, 2.05) is 30.6 Å². The van der Waals surface area contributed by atoms with Crippen molar-refractivity contribution in [3.05, 3.63) is 29.0 Å². The smallest absolute Gasteiger partial charge is 0.202 e. The van der Waals surface area contributed by atoms with Crippen molar-refractivity contribution in [2.24, 2.45) is 18.4 Å². The van der Waals surface area contributed by atoms with Crippen LogP contribution in [-0.2, 0) is 19.9 Å². The first-order valence-electron chi connectivity index (χ1n) is 9.62. The maximum atomic E-state index is 4.83. The second-order valence-corrected chi connectivity index (χ2v) is 9.37. The predicted octanol–water partition coefficient (Wildman–Crippen LogP) is 4.28. The molecule has 4 aromatic heterocycles. The van der Waals surface area contributed by atoms with Crippen LogP contribution in [0.3, 0.4) is 0 Å². The zero-order valence-electron chi connectivity index (χ0n) is 16.2. The molecule has 7 heteroatoms. The number of aryl methyl sites for hydroxylation is 2. The van der Waals surface area contributed by atoms with Crippen LogP contribution in [0.15, 0.2) is 18.6 Å². The Morgan fingerprint density at radius 3 is 2.89 bits per heavy atom. The number of nitrogens with zero attached hydrogens (tertiary/aromatic N) is 6. The summed E-state index contributed by atoms with van der Waals surface area (Å²) >= 11 is 1.84. The summed E-state index contributed by atoms with van der Waals surface area (Å²) in [5.41, 5.74) is 3.53. The summed E-state index contributed by atoms with van der Waals surface area (Å²) in [6.07, 6.45) is 8.42. The van der Waals surface area contributed by atoms with E-state index < -0.39 is 0 Å². The van der Waals surface area contributed by atoms with Crippen LogP contribution < -0.4 is 0 Å². The monoisotopic (exact) mass is 380 g/mol. The lowest BCUT2D eigenvalue weighted by Crippen LogP contribution is -2.28. The summed E-state index contributed by atoms with van der Waals surface area (Å²) in [4.78, 5) is 12.1. The maximum absolute atomic E-state index is 4.83. The Morgan fingerprint density at radius 1 is 1.30 bits per heavy atom. The van der Waals surface area contributed by atoms with Crippen LogP contribution in [0.25, 0.3) is 27.4 Å². The van der Waals surface area contributed by atoms with Gasteiger partial charge in [0.15, 0.2) is 5.65 Å². The van der Waals surface area contributed by atoms with Crippen LogP contribution in [0.1, 0.15) is 44.1 Å². The average molecular weight is 381 g/mol. The molecule has 0 saturated heterocycles. The average Bonchev–Trinajstić information content (AvgIpc) is 3.35. The summed E-state index contributed by atoms with van der Waals surface area (Å²) < 4.78 is 3.58. The Hall–Kier alpha value is -2.28. The summed E-state index contributed by atoms with van der Waals surface area (Å²) in [5.74, 6) is 1.40. The minimum Gasteiger partial charge on any atom is -0.275 e. The molecule has 0 unspecified atom stereocenters. The van der Waals surface area contributed by atoms with Crippen LogP contribution >= 0.6 is 11.3 Å². The highest BCUT2D eigenvalue weighted by molar-refractivity contribution is 7.19. The summed E-state index contributed by atoms with van der Waals surface area (Å²) in [6, 6.07) is 1.94. The van der Waals surface area contributed by atoms with E-state index in [0.29, 0.717) is 11.2 Å². The van der Waals surface area contributed by atoms with Gasteiger partial charge in [0.1, 0.15) is 16.9 Å². The quantitative estimate of drug-likeness (QED) is 0.532. The predicted molar refractivity (Wildman–Crippen MR) is 108 cm³/mol. The largest absolute Gasteiger partial charge is 0.275 e. The molecule has 0 aliphatic heterocycles. The van der Waals surface area contributed by atoms with Crippen LogP contribution in [-0.4, -0.2) is 29.4 Å². The molecule has 0 saturated carbocycles. The van der Waals surface area contributed by atoms with Crippen molar-refractivity contribution < 1.29 is 0 Å². The molecule has 0 bridgehead atoms. The molecule has 0 aromatic carbocycles. The van der Waals surface area contributed by atoms with Crippen LogP contribution in [0, 0.1) is 11.3 Å². The lowest BCUT2D eigenvalue weighted by Gasteiger charge is -2.36. The first-order valence-corrected chi connectivity index (χ1v) is 10.4. The zero-order chi connectivity index (χ0) is 18.8. The fraction of sp³-hybridized carbons (Fsp3) is 0.500. The molecule has 0 fully saturated rings. The Kier molecular flexibility index (Phi) is 3.66. The first-order chi connectivity index (χ1) is 13.0. The molecule has 0 N–H and O–H groups in total. The minimum absolute atomic E-state index is 0.387. The molecule has 1 atom stereocenters. The number of rotatable bonds is 3. The lowest BCUT2D eigenvalue weighted by molar-refractivity contribution is 0.184. The van der Waals surface area contributed by atoms with Gasteiger partial charge in [-0.15, -0.1) is 16.4 Å². The Balaban J connectivity index is 1.63. The first kappa shape index (κ1) is 16.9. The van der Waals surface area contributed by atoms with Gasteiger partial charge in [0.2, 0.25) is 5.82 Å². The summed E-state index contributed by atoms with van der Waals surface area (Å²) in [7, 11) is 1.91. The van der Waals surface area contributed by atoms with Crippen molar-refractivity contribution >= 4 is 27.2 Å². The molecule has 0 spiro atoms. The van der Waals surface area contributed by atoms with E-state index in [1.54, 1.807) is 15.5 Å². The van der Waals surface area contributed by atoms with Crippen LogP contribution in [0.4, 0.5) is 0 Å². The van der Waals surface area contributed by atoms with Gasteiger partial charge in [-0.05, 0) is 42.2 Å². The van der Waals surface area contributed by atoms with Crippen molar-refractivity contribution in [1.82, 2.24) is 29.4 Å². The van der Waals surface area contributed by atoms with Crippen molar-refractivity contribution in [2.75, 3.05) is 0 Å². The van der Waals surface area contributed by atoms with E-state index in [1.165, 1.54) is 28.7 Å². The number of fused-ring (bicyclic) bond motifs is 5. The van der Waals surface area contributed by atoms with Gasteiger partial charge < -0.3 is 0 Å². The highest BCUT2D eigenvalue weighted by atomic mass is 32.1. The Labute approximate surface area is 162 Å². The van der Waals surface area contributed by atoms with Gasteiger partial charge in [-0.2, -0.15) is 5.10 Å². The molecule has 1 aliphatic carbocycles. The van der Waals surface area contributed by atoms with Gasteiger partial charge >= 0.3 is 0 Å². The third-order valence-electron chi connectivity index (χ3n) is 6.35. The van der Waals surface area contributed by atoms with Crippen molar-refractivity contribution in [3.8, 4) is 11.5 Å². The van der Waals surface area contributed by atoms with Gasteiger partial charge in [-0.25, -0.2) is 14.5 Å². The SMILES string of the molecule is CCC(C)(C)[C@H]1CCc2c(sc3ncn4nc(-c5ccn(C)n5)nc4c23)C1. The standard InChI is InChI=1S/C20H24N6S/c1-5-20(2,3)12-6-7-13-15(10-12)27-19-16(13)18-22-17(24-26(18)11-21-19)14-8-9-25(4)23-14/h8-9,11-12H,5-7,10H2,1-4H3/t12-/m0/s1. The van der Waals surface area contributed by atoms with E-state index >= 15 is 0 Å². The topological polar surface area (TPSA) is 60.9 Å². The molecule has 4 heterocycles. The van der Waals surface area contributed by atoms with E-state index in [-0.39, 0.29) is 0 Å². The van der Waals surface area contributed by atoms with Crippen LogP contribution in [0.2, 0.25) is 0 Å². The summed E-state index contributed by atoms with van der Waals surface area (Å²) in [6.45, 7) is 7.12. The third-order valence-corrected chi connectivity index (χ3v) is 7.51. The molecule has 1 aliphatic rings. The molecule has 6 nitrogen and oxygen atoms in total. The van der Waals surface area contributed by atoms with E-state index in [4.69, 9.17) is 4.98 Å². The molecular weight excluding hydrogens is 356 g/mol. The molecule has 4 aromatic rings. The van der Waals surface area contributed by atoms with Gasteiger partial charge in [0, 0.05) is 18.1 Å². The van der Waals surface area contributed by atoms with Gasteiger partial charge in [0.25, 0.3) is 0 Å². The highest BCUT2D eigenvalue weighted by Crippen LogP contribution is 2.44. The molecule has 0 radical (unpaired) electrons. The number of hydrogen-bond donors (Lipinski definition) is 0. The Morgan fingerprint density at radius 2 is 2.15 bits per heavy atom. The van der Waals surface area contributed by atoms with Crippen molar-refractivity contribution in [3.63, 3.8) is 0 Å². The fourth-order valence-corrected chi connectivity index (χ4v) is 5.43. The van der Waals surface area contributed by atoms with Gasteiger partial charge in [-0.3, -0.25) is 4.68 Å². The number of hydrogen-bond acceptors (Lipinski definition) is 5. The second-order valence-electron chi connectivity index (χ2n) is 8.29. The van der Waals surface area contributed by atoms with Gasteiger partial charge in [0.05, 0.1) is 5.39 Å². The van der Waals surface area contributed by atoms with E-state index in [0.717, 1.165) is 34.9 Å². The molecule has 0 amide bonds. The third kappa shape index (κ3) is 2.59. The van der Waals surface area contributed by atoms with Gasteiger partial charge in [-0.1, -0.05) is 27.2 Å². The zero-order valence-corrected chi connectivity index (χ0v) is 17.0. The normalized spacial score (nSPS) is 17.7. The highest BCUT2D eigenvalue weighted by Gasteiger charge is 2.33.